The van der Waals surface area contributed by atoms with E-state index in [1.165, 1.54) is 24.8 Å². The molecule has 4 saturated carbocycles. The van der Waals surface area contributed by atoms with Crippen LogP contribution in [0.25, 0.3) is 0 Å². The molecule has 2 atom stereocenters. The Balaban J connectivity index is 1.54. The van der Waals surface area contributed by atoms with E-state index in [1.807, 2.05) is 0 Å². The zero-order chi connectivity index (χ0) is 17.2. The van der Waals surface area contributed by atoms with Gasteiger partial charge in [0.05, 0.1) is 10.3 Å². The molecular formula is C18H22ClNO3S. The normalized spacial score (nSPS) is 37.4. The van der Waals surface area contributed by atoms with E-state index in [-0.39, 0.29) is 21.1 Å². The third-order valence-electron chi connectivity index (χ3n) is 6.01. The van der Waals surface area contributed by atoms with Crippen LogP contribution >= 0.6 is 11.6 Å². The fourth-order valence-electron chi connectivity index (χ4n) is 5.47. The van der Waals surface area contributed by atoms with Gasteiger partial charge in [-0.15, -0.1) is 11.6 Å². The molecule has 5 rings (SSSR count). The molecule has 1 N–H and O–H groups in total. The van der Waals surface area contributed by atoms with Gasteiger partial charge in [-0.2, -0.15) is 0 Å². The predicted octanol–water partition coefficient (Wildman–Crippen LogP) is 3.61. The number of rotatable bonds is 3. The smallest absolute Gasteiger partial charge is 0.230 e. The van der Waals surface area contributed by atoms with Crippen molar-refractivity contribution in [3.05, 3.63) is 24.3 Å². The summed E-state index contributed by atoms with van der Waals surface area (Å²) in [7, 11) is -3.22. The van der Waals surface area contributed by atoms with Gasteiger partial charge < -0.3 is 5.32 Å². The molecule has 1 aromatic rings. The first-order valence-corrected chi connectivity index (χ1v) is 10.8. The van der Waals surface area contributed by atoms with Crippen molar-refractivity contribution >= 4 is 33.0 Å². The van der Waals surface area contributed by atoms with E-state index in [0.717, 1.165) is 32.1 Å². The Hall–Kier alpha value is -1.07. The van der Waals surface area contributed by atoms with Crippen LogP contribution in [0.5, 0.6) is 0 Å². The van der Waals surface area contributed by atoms with E-state index in [4.69, 9.17) is 11.6 Å². The van der Waals surface area contributed by atoms with Crippen molar-refractivity contribution < 1.29 is 13.2 Å². The van der Waals surface area contributed by atoms with Crippen LogP contribution in [0.15, 0.2) is 29.2 Å². The largest absolute Gasteiger partial charge is 0.326 e. The summed E-state index contributed by atoms with van der Waals surface area (Å²) in [6.07, 6.45) is 7.12. The number of hydrogen-bond acceptors (Lipinski definition) is 3. The van der Waals surface area contributed by atoms with Gasteiger partial charge in [-0.3, -0.25) is 4.79 Å². The Labute approximate surface area is 147 Å². The zero-order valence-electron chi connectivity index (χ0n) is 13.7. The second-order valence-corrected chi connectivity index (χ2v) is 11.0. The summed E-state index contributed by atoms with van der Waals surface area (Å²) in [4.78, 5) is 13.1. The van der Waals surface area contributed by atoms with Crippen LogP contribution in [0.2, 0.25) is 0 Å². The number of nitrogens with one attached hydrogen (secondary N) is 1. The van der Waals surface area contributed by atoms with Crippen LogP contribution in [-0.2, 0) is 14.6 Å². The van der Waals surface area contributed by atoms with Gasteiger partial charge in [-0.25, -0.2) is 8.42 Å². The Morgan fingerprint density at radius 3 is 2.21 bits per heavy atom. The highest BCUT2D eigenvalue weighted by atomic mass is 35.5. The monoisotopic (exact) mass is 367 g/mol. The van der Waals surface area contributed by atoms with Gasteiger partial charge in [-0.1, -0.05) is 0 Å². The highest BCUT2D eigenvalue weighted by Crippen LogP contribution is 2.64. The highest BCUT2D eigenvalue weighted by Gasteiger charge is 2.60. The summed E-state index contributed by atoms with van der Waals surface area (Å²) in [5.41, 5.74) is 0.299. The van der Waals surface area contributed by atoms with Gasteiger partial charge >= 0.3 is 0 Å². The van der Waals surface area contributed by atoms with Crippen LogP contribution in [0.4, 0.5) is 5.69 Å². The quantitative estimate of drug-likeness (QED) is 0.830. The Morgan fingerprint density at radius 2 is 1.71 bits per heavy atom. The maximum absolute atomic E-state index is 13.0. The van der Waals surface area contributed by atoms with Gasteiger partial charge in [0.25, 0.3) is 0 Å². The third-order valence-corrected chi connectivity index (χ3v) is 7.58. The van der Waals surface area contributed by atoms with Crippen LogP contribution in [0, 0.1) is 17.3 Å². The molecule has 1 aromatic carbocycles. The minimum Gasteiger partial charge on any atom is -0.326 e. The molecule has 0 saturated heterocycles. The Morgan fingerprint density at radius 1 is 1.12 bits per heavy atom. The number of alkyl halides is 1. The van der Waals surface area contributed by atoms with Crippen molar-refractivity contribution in [2.75, 3.05) is 11.6 Å². The molecule has 2 unspecified atom stereocenters. The lowest BCUT2D eigenvalue weighted by atomic mass is 9.49. The molecule has 4 bridgehead atoms. The molecule has 4 aliphatic rings. The topological polar surface area (TPSA) is 63.2 Å². The lowest BCUT2D eigenvalue weighted by molar-refractivity contribution is -0.138. The first-order chi connectivity index (χ1) is 11.2. The Kier molecular flexibility index (Phi) is 3.56. The van der Waals surface area contributed by atoms with Crippen molar-refractivity contribution in [2.24, 2.45) is 17.3 Å². The number of amides is 1. The minimum atomic E-state index is -3.22. The number of sulfone groups is 1. The van der Waals surface area contributed by atoms with E-state index < -0.39 is 9.84 Å². The van der Waals surface area contributed by atoms with Crippen molar-refractivity contribution in [2.45, 2.75) is 48.3 Å². The SMILES string of the molecule is CS(=O)(=O)c1ccc(NC(=O)C23CC4CC(CC(Cl)(C4)C2)C3)cc1. The molecule has 4 aliphatic carbocycles. The molecule has 0 aromatic heterocycles. The van der Waals surface area contributed by atoms with Gasteiger partial charge in [-0.05, 0) is 74.6 Å². The van der Waals surface area contributed by atoms with Crippen LogP contribution in [0.3, 0.4) is 0 Å². The molecule has 1 amide bonds. The number of benzene rings is 1. The second kappa shape index (κ2) is 5.21. The van der Waals surface area contributed by atoms with Gasteiger partial charge in [0.15, 0.2) is 9.84 Å². The summed E-state index contributed by atoms with van der Waals surface area (Å²) in [6, 6.07) is 6.39. The lowest BCUT2D eigenvalue weighted by Gasteiger charge is -2.59. The van der Waals surface area contributed by atoms with E-state index in [0.29, 0.717) is 17.5 Å². The molecule has 6 heteroatoms. The van der Waals surface area contributed by atoms with Crippen molar-refractivity contribution in [3.63, 3.8) is 0 Å². The number of carbonyl (C=O) groups excluding carboxylic acids is 1. The van der Waals surface area contributed by atoms with Crippen LogP contribution < -0.4 is 5.32 Å². The van der Waals surface area contributed by atoms with Crippen molar-refractivity contribution in [1.82, 2.24) is 0 Å². The fourth-order valence-corrected chi connectivity index (χ4v) is 6.79. The number of halogens is 1. The third kappa shape index (κ3) is 2.76. The van der Waals surface area contributed by atoms with Crippen molar-refractivity contribution in [1.29, 1.82) is 0 Å². The standard InChI is InChI=1S/C18H22ClNO3S/c1-24(22,23)15-4-2-14(3-5-15)20-16(21)17-7-12-6-13(8-17)10-18(19,9-12)11-17/h2-5,12-13H,6-11H2,1H3,(H,20,21). The number of hydrogen-bond donors (Lipinski definition) is 1. The maximum Gasteiger partial charge on any atom is 0.230 e. The molecule has 24 heavy (non-hydrogen) atoms. The van der Waals surface area contributed by atoms with Crippen molar-refractivity contribution in [3.8, 4) is 0 Å². The number of anilines is 1. The molecule has 4 fully saturated rings. The predicted molar refractivity (Wildman–Crippen MR) is 93.9 cm³/mol. The molecule has 0 aliphatic heterocycles. The first-order valence-electron chi connectivity index (χ1n) is 8.48. The average molecular weight is 368 g/mol. The van der Waals surface area contributed by atoms with Crippen LogP contribution in [0.1, 0.15) is 38.5 Å². The van der Waals surface area contributed by atoms with E-state index >= 15 is 0 Å². The summed E-state index contributed by atoms with van der Waals surface area (Å²) >= 11 is 6.79. The lowest BCUT2D eigenvalue weighted by Crippen LogP contribution is -2.57. The van der Waals surface area contributed by atoms with E-state index in [9.17, 15) is 13.2 Å². The Bertz CT molecular complexity index is 773. The van der Waals surface area contributed by atoms with Gasteiger partial charge in [0.2, 0.25) is 5.91 Å². The average Bonchev–Trinajstić information content (AvgIpc) is 2.44. The molecule has 4 nitrogen and oxygen atoms in total. The zero-order valence-corrected chi connectivity index (χ0v) is 15.3. The van der Waals surface area contributed by atoms with Gasteiger partial charge in [0.1, 0.15) is 0 Å². The first kappa shape index (κ1) is 16.4. The van der Waals surface area contributed by atoms with Gasteiger partial charge in [0, 0.05) is 16.8 Å². The summed E-state index contributed by atoms with van der Waals surface area (Å²) in [5.74, 6) is 1.19. The summed E-state index contributed by atoms with van der Waals surface area (Å²) in [6.45, 7) is 0. The summed E-state index contributed by atoms with van der Waals surface area (Å²) in [5, 5.41) is 3.00. The highest BCUT2D eigenvalue weighted by molar-refractivity contribution is 7.90. The molecule has 0 heterocycles. The van der Waals surface area contributed by atoms with Crippen LogP contribution in [-0.4, -0.2) is 25.5 Å². The van der Waals surface area contributed by atoms with E-state index in [2.05, 4.69) is 5.32 Å². The number of carbonyl (C=O) groups is 1. The second-order valence-electron chi connectivity index (χ2n) is 8.14. The minimum absolute atomic E-state index is 0.0498. The van der Waals surface area contributed by atoms with E-state index in [1.54, 1.807) is 12.1 Å². The molecule has 130 valence electrons. The molecule has 0 spiro atoms. The maximum atomic E-state index is 13.0. The molecular weight excluding hydrogens is 346 g/mol. The summed E-state index contributed by atoms with van der Waals surface area (Å²) < 4.78 is 23.1. The fraction of sp³-hybridized carbons (Fsp3) is 0.611. The molecule has 0 radical (unpaired) electrons.